The molecule has 3 N–H and O–H groups in total. The molecule has 2 heterocycles. The Morgan fingerprint density at radius 2 is 2.11 bits per heavy atom. The SMILES string of the molecule is CCNC(=NCCc1csc(CC)n1)NCCc1c[nH]c2ccc(F)cc12.I. The van der Waals surface area contributed by atoms with Gasteiger partial charge in [0, 0.05) is 48.5 Å². The first-order valence-electron chi connectivity index (χ1n) is 9.40. The van der Waals surface area contributed by atoms with E-state index >= 15 is 0 Å². The summed E-state index contributed by atoms with van der Waals surface area (Å²) in [5.41, 5.74) is 3.17. The van der Waals surface area contributed by atoms with Crippen LogP contribution in [0.4, 0.5) is 4.39 Å². The Morgan fingerprint density at radius 3 is 2.86 bits per heavy atom. The van der Waals surface area contributed by atoms with Crippen LogP contribution in [-0.2, 0) is 19.3 Å². The topological polar surface area (TPSA) is 65.1 Å². The van der Waals surface area contributed by atoms with Gasteiger partial charge in [-0.3, -0.25) is 4.99 Å². The molecule has 8 heteroatoms. The molecule has 3 rings (SSSR count). The van der Waals surface area contributed by atoms with E-state index in [9.17, 15) is 4.39 Å². The van der Waals surface area contributed by atoms with Crippen LogP contribution in [0.1, 0.15) is 30.1 Å². The number of benzene rings is 1. The van der Waals surface area contributed by atoms with E-state index in [0.717, 1.165) is 60.5 Å². The second-order valence-electron chi connectivity index (χ2n) is 6.28. The van der Waals surface area contributed by atoms with Crippen LogP contribution in [0.15, 0.2) is 34.8 Å². The number of aromatic nitrogens is 2. The summed E-state index contributed by atoms with van der Waals surface area (Å²) in [7, 11) is 0. The Morgan fingerprint density at radius 1 is 1.25 bits per heavy atom. The maximum absolute atomic E-state index is 13.5. The molecule has 152 valence electrons. The average molecular weight is 515 g/mol. The highest BCUT2D eigenvalue weighted by molar-refractivity contribution is 14.0. The van der Waals surface area contributed by atoms with Crippen molar-refractivity contribution in [3.05, 3.63) is 51.9 Å². The highest BCUT2D eigenvalue weighted by atomic mass is 127. The number of nitrogens with one attached hydrogen (secondary N) is 3. The first kappa shape index (κ1) is 22.6. The molecule has 28 heavy (non-hydrogen) atoms. The lowest BCUT2D eigenvalue weighted by molar-refractivity contribution is 0.629. The summed E-state index contributed by atoms with van der Waals surface area (Å²) in [4.78, 5) is 12.4. The van der Waals surface area contributed by atoms with Crippen LogP contribution >= 0.6 is 35.3 Å². The van der Waals surface area contributed by atoms with Gasteiger partial charge in [-0.05, 0) is 43.5 Å². The van der Waals surface area contributed by atoms with Crippen molar-refractivity contribution in [2.24, 2.45) is 4.99 Å². The highest BCUT2D eigenvalue weighted by Crippen LogP contribution is 2.19. The highest BCUT2D eigenvalue weighted by Gasteiger charge is 2.06. The van der Waals surface area contributed by atoms with Gasteiger partial charge in [0.25, 0.3) is 0 Å². The predicted octanol–water partition coefficient (Wildman–Crippen LogP) is 4.28. The summed E-state index contributed by atoms with van der Waals surface area (Å²) in [5, 5.41) is 10.8. The molecule has 0 fully saturated rings. The zero-order chi connectivity index (χ0) is 19.1. The minimum Gasteiger partial charge on any atom is -0.361 e. The molecule has 0 saturated carbocycles. The molecule has 0 aliphatic heterocycles. The zero-order valence-corrected chi connectivity index (χ0v) is 19.4. The van der Waals surface area contributed by atoms with E-state index in [1.54, 1.807) is 23.5 Å². The number of halogens is 2. The number of H-pyrrole nitrogens is 1. The number of thiazole rings is 1. The maximum Gasteiger partial charge on any atom is 0.191 e. The minimum atomic E-state index is -0.209. The lowest BCUT2D eigenvalue weighted by atomic mass is 10.1. The van der Waals surface area contributed by atoms with Gasteiger partial charge in [-0.2, -0.15) is 0 Å². The number of nitrogens with zero attached hydrogens (tertiary/aromatic N) is 2. The molecule has 0 atom stereocenters. The van der Waals surface area contributed by atoms with Crippen molar-refractivity contribution in [1.29, 1.82) is 0 Å². The molecule has 0 unspecified atom stereocenters. The summed E-state index contributed by atoms with van der Waals surface area (Å²) >= 11 is 1.71. The van der Waals surface area contributed by atoms with Crippen molar-refractivity contribution in [2.75, 3.05) is 19.6 Å². The van der Waals surface area contributed by atoms with Gasteiger partial charge >= 0.3 is 0 Å². The third-order valence-electron chi connectivity index (χ3n) is 4.30. The minimum absolute atomic E-state index is 0. The van der Waals surface area contributed by atoms with E-state index in [4.69, 9.17) is 0 Å². The van der Waals surface area contributed by atoms with Crippen LogP contribution in [0.25, 0.3) is 10.9 Å². The fraction of sp³-hybridized carbons (Fsp3) is 0.400. The van der Waals surface area contributed by atoms with Gasteiger partial charge in [-0.1, -0.05) is 6.92 Å². The number of hydrogen-bond acceptors (Lipinski definition) is 3. The molecule has 0 bridgehead atoms. The van der Waals surface area contributed by atoms with E-state index in [1.165, 1.54) is 11.1 Å². The molecule has 0 radical (unpaired) electrons. The lowest BCUT2D eigenvalue weighted by Gasteiger charge is -2.11. The number of hydrogen-bond donors (Lipinski definition) is 3. The number of fused-ring (bicyclic) bond motifs is 1. The van der Waals surface area contributed by atoms with Gasteiger partial charge in [0.2, 0.25) is 0 Å². The molecule has 3 aromatic rings. The second-order valence-corrected chi connectivity index (χ2v) is 7.22. The summed E-state index contributed by atoms with van der Waals surface area (Å²) in [6, 6.07) is 4.83. The standard InChI is InChI=1S/C20H26FN5S.HI/c1-3-19-26-16(13-27-19)8-10-24-20(22-4-2)23-9-7-14-12-25-18-6-5-15(21)11-17(14)18;/h5-6,11-13,25H,3-4,7-10H2,1-2H3,(H2,22,23,24);1H. The van der Waals surface area contributed by atoms with Gasteiger partial charge in [-0.25, -0.2) is 9.37 Å². The summed E-state index contributed by atoms with van der Waals surface area (Å²) < 4.78 is 13.5. The Kier molecular flexibility index (Phi) is 9.17. The van der Waals surface area contributed by atoms with E-state index in [1.807, 2.05) is 13.1 Å². The molecule has 2 aromatic heterocycles. The smallest absolute Gasteiger partial charge is 0.191 e. The Labute approximate surface area is 186 Å². The molecule has 0 spiro atoms. The molecule has 0 aliphatic rings. The van der Waals surface area contributed by atoms with Crippen molar-refractivity contribution in [2.45, 2.75) is 33.1 Å². The van der Waals surface area contributed by atoms with Crippen LogP contribution in [0.2, 0.25) is 0 Å². The Balaban J connectivity index is 0.00000280. The van der Waals surface area contributed by atoms with Crippen molar-refractivity contribution < 1.29 is 4.39 Å². The monoisotopic (exact) mass is 515 g/mol. The number of rotatable bonds is 8. The van der Waals surface area contributed by atoms with E-state index in [-0.39, 0.29) is 29.8 Å². The molecule has 0 amide bonds. The van der Waals surface area contributed by atoms with Gasteiger partial charge < -0.3 is 15.6 Å². The van der Waals surface area contributed by atoms with Crippen molar-refractivity contribution in [1.82, 2.24) is 20.6 Å². The molecule has 1 aromatic carbocycles. The quantitative estimate of drug-likeness (QED) is 0.238. The maximum atomic E-state index is 13.5. The Hall–Kier alpha value is -1.68. The lowest BCUT2D eigenvalue weighted by Crippen LogP contribution is -2.38. The molecule has 0 saturated heterocycles. The Bertz CT molecular complexity index is 905. The fourth-order valence-electron chi connectivity index (χ4n) is 2.92. The van der Waals surface area contributed by atoms with Crippen LogP contribution in [-0.4, -0.2) is 35.6 Å². The van der Waals surface area contributed by atoms with E-state index in [2.05, 4.69) is 37.9 Å². The van der Waals surface area contributed by atoms with E-state index in [0.29, 0.717) is 6.54 Å². The van der Waals surface area contributed by atoms with Crippen molar-refractivity contribution in [3.63, 3.8) is 0 Å². The summed E-state index contributed by atoms with van der Waals surface area (Å²) in [5.74, 6) is 0.592. The largest absolute Gasteiger partial charge is 0.361 e. The van der Waals surface area contributed by atoms with Crippen molar-refractivity contribution in [3.8, 4) is 0 Å². The van der Waals surface area contributed by atoms with Gasteiger partial charge in [0.1, 0.15) is 5.82 Å². The van der Waals surface area contributed by atoms with Gasteiger partial charge in [-0.15, -0.1) is 35.3 Å². The molecule has 0 aliphatic carbocycles. The fourth-order valence-corrected chi connectivity index (χ4v) is 3.70. The number of aryl methyl sites for hydroxylation is 1. The average Bonchev–Trinajstić information content (AvgIpc) is 3.28. The number of guanidine groups is 1. The van der Waals surface area contributed by atoms with E-state index < -0.39 is 0 Å². The van der Waals surface area contributed by atoms with Crippen LogP contribution in [0, 0.1) is 5.82 Å². The zero-order valence-electron chi connectivity index (χ0n) is 16.2. The number of aromatic amines is 1. The summed E-state index contributed by atoms with van der Waals surface area (Å²) in [6.45, 7) is 6.40. The molecule has 5 nitrogen and oxygen atoms in total. The third kappa shape index (κ3) is 6.16. The van der Waals surface area contributed by atoms with Crippen LogP contribution < -0.4 is 10.6 Å². The first-order valence-corrected chi connectivity index (χ1v) is 10.3. The van der Waals surface area contributed by atoms with Gasteiger partial charge in [0.05, 0.1) is 10.7 Å². The van der Waals surface area contributed by atoms with Crippen LogP contribution in [0.3, 0.4) is 0 Å². The molecular weight excluding hydrogens is 488 g/mol. The van der Waals surface area contributed by atoms with Crippen LogP contribution in [0.5, 0.6) is 0 Å². The van der Waals surface area contributed by atoms with Gasteiger partial charge in [0.15, 0.2) is 5.96 Å². The third-order valence-corrected chi connectivity index (χ3v) is 5.34. The molecular formula is C20H27FIN5S. The second kappa shape index (κ2) is 11.4. The normalized spacial score (nSPS) is 11.5. The summed E-state index contributed by atoms with van der Waals surface area (Å²) in [6.07, 6.45) is 4.56. The first-order chi connectivity index (χ1) is 13.2. The van der Waals surface area contributed by atoms with Crippen molar-refractivity contribution >= 4 is 52.2 Å². The number of aliphatic imine (C=N–C) groups is 1. The predicted molar refractivity (Wildman–Crippen MR) is 127 cm³/mol.